The van der Waals surface area contributed by atoms with Crippen LogP contribution in [-0.2, 0) is 10.0 Å². The molecule has 0 saturated carbocycles. The molecule has 2 fully saturated rings. The van der Waals surface area contributed by atoms with Crippen LogP contribution in [0.25, 0.3) is 0 Å². The van der Waals surface area contributed by atoms with Gasteiger partial charge < -0.3 is 0 Å². The summed E-state index contributed by atoms with van der Waals surface area (Å²) in [6.45, 7) is 4.31. The molecular formula is C15H24N4O2S. The molecular weight excluding hydrogens is 300 g/mol. The Labute approximate surface area is 132 Å². The highest BCUT2D eigenvalue weighted by Gasteiger charge is 2.35. The monoisotopic (exact) mass is 324 g/mol. The van der Waals surface area contributed by atoms with Crippen LogP contribution in [0.5, 0.6) is 0 Å². The summed E-state index contributed by atoms with van der Waals surface area (Å²) >= 11 is 0. The second-order valence-corrected chi connectivity index (χ2v) is 8.36. The predicted molar refractivity (Wildman–Crippen MR) is 84.9 cm³/mol. The van der Waals surface area contributed by atoms with E-state index in [1.165, 1.54) is 12.7 Å². The number of aryl methyl sites for hydroxylation is 1. The number of sulfonamides is 1. The maximum atomic E-state index is 11.6. The molecule has 1 aromatic rings. The van der Waals surface area contributed by atoms with Crippen LogP contribution < -0.4 is 0 Å². The van der Waals surface area contributed by atoms with Gasteiger partial charge >= 0.3 is 0 Å². The molecule has 0 N–H and O–H groups in total. The first-order chi connectivity index (χ1) is 10.4. The second kappa shape index (κ2) is 6.22. The van der Waals surface area contributed by atoms with Crippen molar-refractivity contribution in [3.63, 3.8) is 0 Å². The number of hydrogen-bond donors (Lipinski definition) is 0. The highest BCUT2D eigenvalue weighted by atomic mass is 32.2. The molecule has 0 unspecified atom stereocenters. The second-order valence-electron chi connectivity index (χ2n) is 6.37. The largest absolute Gasteiger partial charge is 0.292 e. The van der Waals surface area contributed by atoms with E-state index >= 15 is 0 Å². The molecule has 122 valence electrons. The van der Waals surface area contributed by atoms with E-state index in [1.807, 2.05) is 13.1 Å². The van der Waals surface area contributed by atoms with Crippen molar-refractivity contribution in [1.29, 1.82) is 0 Å². The van der Waals surface area contributed by atoms with Gasteiger partial charge in [0, 0.05) is 31.5 Å². The SMILES string of the molecule is Cc1cncc([C@H]2CCCN2C2CCN(S(C)(=O)=O)CC2)n1. The Bertz CT molecular complexity index is 626. The van der Waals surface area contributed by atoms with E-state index in [1.54, 1.807) is 10.5 Å². The lowest BCUT2D eigenvalue weighted by Crippen LogP contribution is -2.46. The third-order valence-corrected chi connectivity index (χ3v) is 6.07. The van der Waals surface area contributed by atoms with Gasteiger partial charge in [0.05, 0.1) is 23.7 Å². The van der Waals surface area contributed by atoms with Crippen molar-refractivity contribution < 1.29 is 8.42 Å². The molecule has 3 heterocycles. The molecule has 2 saturated heterocycles. The molecule has 22 heavy (non-hydrogen) atoms. The van der Waals surface area contributed by atoms with Gasteiger partial charge in [-0.2, -0.15) is 0 Å². The van der Waals surface area contributed by atoms with Crippen molar-refractivity contribution in [2.75, 3.05) is 25.9 Å². The van der Waals surface area contributed by atoms with Crippen LogP contribution >= 0.6 is 0 Å². The van der Waals surface area contributed by atoms with Gasteiger partial charge in [0.25, 0.3) is 0 Å². The number of piperidine rings is 1. The summed E-state index contributed by atoms with van der Waals surface area (Å²) < 4.78 is 24.9. The molecule has 2 aliphatic rings. The van der Waals surface area contributed by atoms with E-state index in [0.717, 1.165) is 37.2 Å². The first kappa shape index (κ1) is 15.8. The van der Waals surface area contributed by atoms with Crippen molar-refractivity contribution in [1.82, 2.24) is 19.2 Å². The van der Waals surface area contributed by atoms with Crippen molar-refractivity contribution in [2.24, 2.45) is 0 Å². The number of hydrogen-bond acceptors (Lipinski definition) is 5. The van der Waals surface area contributed by atoms with Gasteiger partial charge in [-0.15, -0.1) is 0 Å². The predicted octanol–water partition coefficient (Wildman–Crippen LogP) is 1.35. The molecule has 3 rings (SSSR count). The van der Waals surface area contributed by atoms with Crippen LogP contribution in [0.15, 0.2) is 12.4 Å². The van der Waals surface area contributed by atoms with Gasteiger partial charge in [-0.05, 0) is 39.2 Å². The summed E-state index contributed by atoms with van der Waals surface area (Å²) in [6, 6.07) is 0.787. The summed E-state index contributed by atoms with van der Waals surface area (Å²) in [4.78, 5) is 11.4. The fraction of sp³-hybridized carbons (Fsp3) is 0.733. The van der Waals surface area contributed by atoms with Crippen LogP contribution in [0.1, 0.15) is 43.1 Å². The van der Waals surface area contributed by atoms with Crippen LogP contribution in [0.2, 0.25) is 0 Å². The van der Waals surface area contributed by atoms with Gasteiger partial charge in [0.1, 0.15) is 0 Å². The molecule has 0 aliphatic carbocycles. The van der Waals surface area contributed by atoms with Gasteiger partial charge in [0.15, 0.2) is 0 Å². The summed E-state index contributed by atoms with van der Waals surface area (Å²) in [7, 11) is -3.05. The Morgan fingerprint density at radius 1 is 1.14 bits per heavy atom. The molecule has 0 radical (unpaired) electrons. The lowest BCUT2D eigenvalue weighted by molar-refractivity contribution is 0.125. The topological polar surface area (TPSA) is 66.4 Å². The summed E-state index contributed by atoms with van der Waals surface area (Å²) in [6.07, 6.45) is 9.06. The van der Waals surface area contributed by atoms with Crippen LogP contribution in [0.3, 0.4) is 0 Å². The Morgan fingerprint density at radius 3 is 2.50 bits per heavy atom. The average Bonchev–Trinajstić information content (AvgIpc) is 2.96. The molecule has 0 bridgehead atoms. The zero-order valence-electron chi connectivity index (χ0n) is 13.3. The molecule has 6 nitrogen and oxygen atoms in total. The maximum Gasteiger partial charge on any atom is 0.211 e. The molecule has 1 atom stereocenters. The third-order valence-electron chi connectivity index (χ3n) is 4.77. The van der Waals surface area contributed by atoms with Gasteiger partial charge in [-0.1, -0.05) is 0 Å². The van der Waals surface area contributed by atoms with E-state index in [2.05, 4.69) is 14.9 Å². The van der Waals surface area contributed by atoms with E-state index in [9.17, 15) is 8.42 Å². The Morgan fingerprint density at radius 2 is 1.86 bits per heavy atom. The minimum Gasteiger partial charge on any atom is -0.292 e. The average molecular weight is 324 g/mol. The zero-order valence-corrected chi connectivity index (χ0v) is 14.1. The fourth-order valence-electron chi connectivity index (χ4n) is 3.69. The quantitative estimate of drug-likeness (QED) is 0.839. The van der Waals surface area contributed by atoms with E-state index in [0.29, 0.717) is 25.2 Å². The van der Waals surface area contributed by atoms with E-state index in [4.69, 9.17) is 0 Å². The standard InChI is InChI=1S/C15H24N4O2S/c1-12-10-16-11-14(17-12)15-4-3-7-19(15)13-5-8-18(9-6-13)22(2,20)21/h10-11,13,15H,3-9H2,1-2H3/t15-/m1/s1. The molecule has 0 amide bonds. The first-order valence-corrected chi connectivity index (χ1v) is 9.79. The van der Waals surface area contributed by atoms with Gasteiger partial charge in [-0.3, -0.25) is 14.9 Å². The van der Waals surface area contributed by atoms with E-state index in [-0.39, 0.29) is 0 Å². The highest BCUT2D eigenvalue weighted by molar-refractivity contribution is 7.88. The zero-order chi connectivity index (χ0) is 15.7. The Hall–Kier alpha value is -1.05. The number of rotatable bonds is 3. The summed E-state index contributed by atoms with van der Waals surface area (Å²) in [5.74, 6) is 0. The highest BCUT2D eigenvalue weighted by Crippen LogP contribution is 2.35. The lowest BCUT2D eigenvalue weighted by Gasteiger charge is -2.38. The smallest absolute Gasteiger partial charge is 0.211 e. The lowest BCUT2D eigenvalue weighted by atomic mass is 10.0. The summed E-state index contributed by atoms with van der Waals surface area (Å²) in [5, 5.41) is 0. The molecule has 0 spiro atoms. The third kappa shape index (κ3) is 3.31. The van der Waals surface area contributed by atoms with Crippen LogP contribution in [0.4, 0.5) is 0 Å². The van der Waals surface area contributed by atoms with Crippen molar-refractivity contribution >= 4 is 10.0 Å². The van der Waals surface area contributed by atoms with Crippen LogP contribution in [0, 0.1) is 6.92 Å². The minimum absolute atomic E-state index is 0.335. The summed E-state index contributed by atoms with van der Waals surface area (Å²) in [5.41, 5.74) is 2.01. The maximum absolute atomic E-state index is 11.6. The van der Waals surface area contributed by atoms with Gasteiger partial charge in [-0.25, -0.2) is 12.7 Å². The van der Waals surface area contributed by atoms with Crippen LogP contribution in [-0.4, -0.2) is 59.5 Å². The van der Waals surface area contributed by atoms with Crippen molar-refractivity contribution in [2.45, 2.75) is 44.7 Å². The number of likely N-dealkylation sites (tertiary alicyclic amines) is 1. The Balaban J connectivity index is 1.70. The van der Waals surface area contributed by atoms with Crippen molar-refractivity contribution in [3.05, 3.63) is 23.8 Å². The molecule has 7 heteroatoms. The van der Waals surface area contributed by atoms with E-state index < -0.39 is 10.0 Å². The Kier molecular flexibility index (Phi) is 4.47. The van der Waals surface area contributed by atoms with Gasteiger partial charge in [0.2, 0.25) is 10.0 Å². The molecule has 2 aliphatic heterocycles. The number of nitrogens with zero attached hydrogens (tertiary/aromatic N) is 4. The number of aromatic nitrogens is 2. The molecule has 1 aromatic heterocycles. The fourth-order valence-corrected chi connectivity index (χ4v) is 4.57. The molecule has 0 aromatic carbocycles. The van der Waals surface area contributed by atoms with Crippen molar-refractivity contribution in [3.8, 4) is 0 Å². The first-order valence-electron chi connectivity index (χ1n) is 7.94. The minimum atomic E-state index is -3.05. The normalized spacial score (nSPS) is 25.6.